The number of pyridine rings is 1. The molecule has 3 aliphatic rings. The maximum absolute atomic E-state index is 15.2. The SMILES string of the molecule is Cl.O=C(O)c1cn2c3c(c(N4C[C@H](CNC5CC5)[C@H](F)C4)c(F)cc3c1=O)OC[C@@H]2CF. The lowest BCUT2D eigenvalue weighted by Gasteiger charge is -2.31. The van der Waals surface area contributed by atoms with Gasteiger partial charge >= 0.3 is 5.97 Å². The van der Waals surface area contributed by atoms with Crippen molar-refractivity contribution in [1.82, 2.24) is 9.88 Å². The van der Waals surface area contributed by atoms with E-state index in [0.717, 1.165) is 25.1 Å². The Labute approximate surface area is 187 Å². The quantitative estimate of drug-likeness (QED) is 0.671. The minimum atomic E-state index is -1.48. The lowest BCUT2D eigenvalue weighted by Crippen LogP contribution is -2.32. The third-order valence-electron chi connectivity index (χ3n) is 6.34. The molecule has 0 unspecified atom stereocenters. The molecule has 0 bridgehead atoms. The summed E-state index contributed by atoms with van der Waals surface area (Å²) in [5.74, 6) is -2.56. The molecular formula is C21H23ClF3N3O4. The summed E-state index contributed by atoms with van der Waals surface area (Å²) in [6, 6.07) is 0.528. The summed E-state index contributed by atoms with van der Waals surface area (Å²) in [4.78, 5) is 25.7. The number of halogens is 4. The maximum atomic E-state index is 15.2. The summed E-state index contributed by atoms with van der Waals surface area (Å²) < 4.78 is 50.5. The Morgan fingerprint density at radius 2 is 2.06 bits per heavy atom. The van der Waals surface area contributed by atoms with E-state index >= 15 is 4.39 Å². The number of hydrogen-bond donors (Lipinski definition) is 2. The first-order valence-corrected chi connectivity index (χ1v) is 10.3. The van der Waals surface area contributed by atoms with Gasteiger partial charge in [-0.2, -0.15) is 0 Å². The van der Waals surface area contributed by atoms with Crippen molar-refractivity contribution in [3.63, 3.8) is 0 Å². The van der Waals surface area contributed by atoms with Crippen molar-refractivity contribution in [2.24, 2.45) is 5.92 Å². The number of nitrogens with one attached hydrogen (secondary N) is 1. The van der Waals surface area contributed by atoms with Gasteiger partial charge < -0.3 is 24.6 Å². The highest BCUT2D eigenvalue weighted by Crippen LogP contribution is 2.43. The molecule has 3 atom stereocenters. The number of carboxylic acid groups (broad SMARTS) is 1. The molecule has 11 heteroatoms. The number of carboxylic acids is 1. The topological polar surface area (TPSA) is 83.8 Å². The summed E-state index contributed by atoms with van der Waals surface area (Å²) in [7, 11) is 0. The van der Waals surface area contributed by atoms with Crippen LogP contribution in [0.15, 0.2) is 17.1 Å². The van der Waals surface area contributed by atoms with Crippen LogP contribution in [0.5, 0.6) is 5.75 Å². The number of anilines is 1. The zero-order valence-corrected chi connectivity index (χ0v) is 17.8. The van der Waals surface area contributed by atoms with Crippen LogP contribution in [0.3, 0.4) is 0 Å². The highest BCUT2D eigenvalue weighted by atomic mass is 35.5. The largest absolute Gasteiger partial charge is 0.487 e. The van der Waals surface area contributed by atoms with Gasteiger partial charge in [-0.1, -0.05) is 0 Å². The first-order chi connectivity index (χ1) is 14.9. The molecule has 1 aromatic carbocycles. The predicted molar refractivity (Wildman–Crippen MR) is 115 cm³/mol. The Balaban J connectivity index is 0.00000245. The number of carbonyl (C=O) groups is 1. The molecule has 0 spiro atoms. The number of nitrogens with zero attached hydrogens (tertiary/aromatic N) is 2. The molecule has 1 aliphatic carbocycles. The Hall–Kier alpha value is -2.46. The molecule has 1 aromatic heterocycles. The van der Waals surface area contributed by atoms with Crippen molar-refractivity contribution in [2.75, 3.05) is 37.8 Å². The van der Waals surface area contributed by atoms with Crippen LogP contribution in [0.4, 0.5) is 18.9 Å². The summed E-state index contributed by atoms with van der Waals surface area (Å²) >= 11 is 0. The number of aromatic nitrogens is 1. The summed E-state index contributed by atoms with van der Waals surface area (Å²) in [6.07, 6.45) is 2.08. The predicted octanol–water partition coefficient (Wildman–Crippen LogP) is 2.69. The van der Waals surface area contributed by atoms with Crippen LogP contribution in [-0.4, -0.2) is 60.8 Å². The van der Waals surface area contributed by atoms with Crippen LogP contribution in [0.25, 0.3) is 10.9 Å². The van der Waals surface area contributed by atoms with Gasteiger partial charge in [0, 0.05) is 37.8 Å². The van der Waals surface area contributed by atoms with E-state index < -0.39 is 41.7 Å². The number of aromatic carboxylic acids is 1. The van der Waals surface area contributed by atoms with Crippen molar-refractivity contribution >= 4 is 35.0 Å². The highest BCUT2D eigenvalue weighted by molar-refractivity contribution is 5.97. The Bertz CT molecular complexity index is 1120. The van der Waals surface area contributed by atoms with Gasteiger partial charge in [-0.3, -0.25) is 4.79 Å². The molecule has 1 saturated heterocycles. The smallest absolute Gasteiger partial charge is 0.341 e. The van der Waals surface area contributed by atoms with Gasteiger partial charge in [-0.25, -0.2) is 18.0 Å². The lowest BCUT2D eigenvalue weighted by atomic mass is 10.1. The fourth-order valence-corrected chi connectivity index (χ4v) is 4.51. The van der Waals surface area contributed by atoms with Gasteiger partial charge in [0.05, 0.1) is 16.9 Å². The van der Waals surface area contributed by atoms with Gasteiger partial charge in [0.1, 0.15) is 30.7 Å². The van der Waals surface area contributed by atoms with E-state index in [0.29, 0.717) is 12.6 Å². The highest BCUT2D eigenvalue weighted by Gasteiger charge is 2.38. The van der Waals surface area contributed by atoms with Crippen LogP contribution in [0.2, 0.25) is 0 Å². The van der Waals surface area contributed by atoms with E-state index in [1.165, 1.54) is 4.57 Å². The third-order valence-corrected chi connectivity index (χ3v) is 6.34. The summed E-state index contributed by atoms with van der Waals surface area (Å²) in [5, 5.41) is 12.5. The van der Waals surface area contributed by atoms with E-state index in [1.54, 1.807) is 4.90 Å². The lowest BCUT2D eigenvalue weighted by molar-refractivity contribution is 0.0694. The molecule has 2 N–H and O–H groups in total. The number of rotatable bonds is 6. The first-order valence-electron chi connectivity index (χ1n) is 10.3. The fraction of sp³-hybridized carbons (Fsp3) is 0.524. The molecule has 2 aliphatic heterocycles. The van der Waals surface area contributed by atoms with E-state index in [4.69, 9.17) is 4.74 Å². The van der Waals surface area contributed by atoms with Crippen molar-refractivity contribution < 1.29 is 27.8 Å². The van der Waals surface area contributed by atoms with Crippen molar-refractivity contribution in [2.45, 2.75) is 31.1 Å². The maximum Gasteiger partial charge on any atom is 0.341 e. The Morgan fingerprint density at radius 1 is 1.31 bits per heavy atom. The molecule has 5 rings (SSSR count). The second-order valence-corrected chi connectivity index (χ2v) is 8.50. The zero-order chi connectivity index (χ0) is 21.9. The molecule has 2 fully saturated rings. The molecule has 1 saturated carbocycles. The van der Waals surface area contributed by atoms with E-state index in [9.17, 15) is 23.5 Å². The normalized spacial score (nSPS) is 24.3. The van der Waals surface area contributed by atoms with Crippen molar-refractivity contribution in [3.8, 4) is 5.75 Å². The van der Waals surface area contributed by atoms with E-state index in [-0.39, 0.29) is 60.4 Å². The molecule has 7 nitrogen and oxygen atoms in total. The number of alkyl halides is 2. The van der Waals surface area contributed by atoms with Crippen LogP contribution >= 0.6 is 12.4 Å². The monoisotopic (exact) mass is 473 g/mol. The Kier molecular flexibility index (Phi) is 6.02. The summed E-state index contributed by atoms with van der Waals surface area (Å²) in [6.45, 7) is -0.279. The molecule has 2 aromatic rings. The van der Waals surface area contributed by atoms with Gasteiger partial charge in [-0.15, -0.1) is 12.4 Å². The second-order valence-electron chi connectivity index (χ2n) is 8.50. The number of ether oxygens (including phenoxy) is 1. The van der Waals surface area contributed by atoms with Crippen LogP contribution in [0, 0.1) is 11.7 Å². The molecule has 174 valence electrons. The molecule has 0 radical (unpaired) electrons. The molecule has 3 heterocycles. The van der Waals surface area contributed by atoms with Gasteiger partial charge in [-0.05, 0) is 18.9 Å². The molecule has 32 heavy (non-hydrogen) atoms. The van der Waals surface area contributed by atoms with E-state index in [2.05, 4.69) is 5.32 Å². The molecular weight excluding hydrogens is 451 g/mol. The van der Waals surface area contributed by atoms with Gasteiger partial charge in [0.15, 0.2) is 11.6 Å². The van der Waals surface area contributed by atoms with Crippen molar-refractivity contribution in [1.29, 1.82) is 0 Å². The average Bonchev–Trinajstić information content (AvgIpc) is 3.50. The third kappa shape index (κ3) is 3.69. The van der Waals surface area contributed by atoms with Crippen LogP contribution in [0.1, 0.15) is 29.2 Å². The fourth-order valence-electron chi connectivity index (χ4n) is 4.51. The standard InChI is InChI=1S/C21H22F3N3O4.ClH/c22-4-12-9-31-20-17-13(19(28)14(21(29)30)7-27(12)17)3-15(23)18(20)26-6-10(16(24)8-26)5-25-11-1-2-11;/h3,7,10-12,16,25H,1-2,4-6,8-9H2,(H,29,30);1H/t10-,12-,16+;/m0./s1. The summed E-state index contributed by atoms with van der Waals surface area (Å²) in [5.41, 5.74) is -1.28. The Morgan fingerprint density at radius 3 is 2.72 bits per heavy atom. The zero-order valence-electron chi connectivity index (χ0n) is 17.0. The van der Waals surface area contributed by atoms with Crippen LogP contribution in [-0.2, 0) is 0 Å². The van der Waals surface area contributed by atoms with Gasteiger partial charge in [0.2, 0.25) is 5.43 Å². The van der Waals surface area contributed by atoms with Crippen molar-refractivity contribution in [3.05, 3.63) is 33.9 Å². The number of benzene rings is 1. The van der Waals surface area contributed by atoms with E-state index in [1.807, 2.05) is 0 Å². The minimum absolute atomic E-state index is 0. The molecule has 0 amide bonds. The first kappa shape index (κ1) is 22.7. The minimum Gasteiger partial charge on any atom is -0.487 e. The second kappa shape index (κ2) is 8.47. The number of hydrogen-bond acceptors (Lipinski definition) is 5. The average molecular weight is 474 g/mol. The van der Waals surface area contributed by atoms with Gasteiger partial charge in [0.25, 0.3) is 0 Å². The van der Waals surface area contributed by atoms with Crippen LogP contribution < -0.4 is 20.4 Å².